The predicted octanol–water partition coefficient (Wildman–Crippen LogP) is 1.75. The number of benzene rings is 1. The summed E-state index contributed by atoms with van der Waals surface area (Å²) in [7, 11) is 2.00. The summed E-state index contributed by atoms with van der Waals surface area (Å²) in [5.41, 5.74) is 1.30. The van der Waals surface area contributed by atoms with E-state index in [0.717, 1.165) is 12.1 Å². The molecule has 0 amide bonds. The van der Waals surface area contributed by atoms with Crippen LogP contribution in [0.25, 0.3) is 0 Å². The number of aliphatic imine (C=N–C) groups is 1. The maximum Gasteiger partial charge on any atom is 0.304 e. The Morgan fingerprint density at radius 3 is 2.97 bits per heavy atom. The van der Waals surface area contributed by atoms with Crippen molar-refractivity contribution in [1.82, 2.24) is 15.5 Å². The van der Waals surface area contributed by atoms with E-state index in [2.05, 4.69) is 20.5 Å². The third kappa shape index (κ3) is 5.08. The van der Waals surface area contributed by atoms with Crippen LogP contribution in [0.2, 0.25) is 0 Å². The molecule has 1 aromatic carbocycles. The lowest BCUT2D eigenvalue weighted by Gasteiger charge is -2.30. The summed E-state index contributed by atoms with van der Waals surface area (Å²) in [5.74, 6) is -0.385. The van der Waals surface area contributed by atoms with Gasteiger partial charge in [-0.25, -0.2) is 4.39 Å². The normalized spacial score (nSPS) is 22.8. The Morgan fingerprint density at radius 2 is 2.31 bits per heavy atom. The van der Waals surface area contributed by atoms with Gasteiger partial charge in [0.25, 0.3) is 6.02 Å². The minimum atomic E-state index is -0.849. The van der Waals surface area contributed by atoms with Crippen LogP contribution in [0.4, 0.5) is 4.39 Å². The van der Waals surface area contributed by atoms with Gasteiger partial charge < -0.3 is 19.7 Å². The quantitative estimate of drug-likeness (QED) is 0.547. The van der Waals surface area contributed by atoms with Crippen molar-refractivity contribution in [3.05, 3.63) is 56.7 Å². The van der Waals surface area contributed by atoms with Crippen molar-refractivity contribution in [1.29, 1.82) is 0 Å². The minimum absolute atomic E-state index is 0.0965. The van der Waals surface area contributed by atoms with E-state index in [-0.39, 0.29) is 35.9 Å². The van der Waals surface area contributed by atoms with Gasteiger partial charge in [-0.15, -0.1) is 0 Å². The zero-order valence-corrected chi connectivity index (χ0v) is 16.8. The molecule has 29 heavy (non-hydrogen) atoms. The highest BCUT2D eigenvalue weighted by Gasteiger charge is 2.33. The van der Waals surface area contributed by atoms with Crippen LogP contribution in [0.3, 0.4) is 0 Å². The zero-order valence-electron chi connectivity index (χ0n) is 16.8. The maximum absolute atomic E-state index is 14.7. The lowest BCUT2D eigenvalue weighted by Crippen LogP contribution is -2.51. The summed E-state index contributed by atoms with van der Waals surface area (Å²) in [6, 6.07) is 5.18. The molecule has 0 aliphatic carbocycles. The van der Waals surface area contributed by atoms with Gasteiger partial charge in [-0.3, -0.25) is 15.4 Å². The second-order valence-corrected chi connectivity index (χ2v) is 7.01. The standard InChI is InChI=1S/C19H26FN5O4/c1-4-28-19-22-12(2)17(25(26)27)18(23-19)21-10-14-6-5-13(9-15(14)20)16-11-24(3)7-8-29-16/h5-6,9,16,18,21H,4,7-8,10-11H2,1-3H3,(H,22,23). The molecule has 2 heterocycles. The summed E-state index contributed by atoms with van der Waals surface area (Å²) in [4.78, 5) is 17.1. The van der Waals surface area contributed by atoms with E-state index in [1.54, 1.807) is 19.9 Å². The lowest BCUT2D eigenvalue weighted by molar-refractivity contribution is -0.432. The number of hydrogen-bond donors (Lipinski definition) is 2. The van der Waals surface area contributed by atoms with Gasteiger partial charge in [0.1, 0.15) is 11.5 Å². The van der Waals surface area contributed by atoms with Crippen LogP contribution < -0.4 is 10.6 Å². The molecule has 9 nitrogen and oxygen atoms in total. The van der Waals surface area contributed by atoms with Crippen molar-refractivity contribution in [3.8, 4) is 0 Å². The van der Waals surface area contributed by atoms with E-state index in [4.69, 9.17) is 9.47 Å². The topological polar surface area (TPSA) is 101 Å². The molecule has 2 aliphatic rings. The molecule has 0 radical (unpaired) electrons. The number of hydrogen-bond acceptors (Lipinski definition) is 8. The summed E-state index contributed by atoms with van der Waals surface area (Å²) < 4.78 is 25.7. The second-order valence-electron chi connectivity index (χ2n) is 7.01. The number of morpholine rings is 1. The van der Waals surface area contributed by atoms with Crippen LogP contribution in [0, 0.1) is 15.9 Å². The number of rotatable bonds is 6. The monoisotopic (exact) mass is 407 g/mol. The third-order valence-corrected chi connectivity index (χ3v) is 4.87. The average molecular weight is 407 g/mol. The Kier molecular flexibility index (Phi) is 6.78. The number of ether oxygens (including phenoxy) is 2. The third-order valence-electron chi connectivity index (χ3n) is 4.87. The van der Waals surface area contributed by atoms with Crippen LogP contribution in [0.1, 0.15) is 31.1 Å². The Balaban J connectivity index is 1.70. The largest absolute Gasteiger partial charge is 0.465 e. The first-order chi connectivity index (χ1) is 13.9. The summed E-state index contributed by atoms with van der Waals surface area (Å²) >= 11 is 0. The first-order valence-electron chi connectivity index (χ1n) is 9.54. The van der Waals surface area contributed by atoms with Gasteiger partial charge in [-0.05, 0) is 32.5 Å². The minimum Gasteiger partial charge on any atom is -0.465 e. The molecule has 3 rings (SSSR count). The Morgan fingerprint density at radius 1 is 1.52 bits per heavy atom. The van der Waals surface area contributed by atoms with Crippen LogP contribution in [0.5, 0.6) is 0 Å². The van der Waals surface area contributed by atoms with Crippen LogP contribution in [0.15, 0.2) is 34.6 Å². The van der Waals surface area contributed by atoms with Gasteiger partial charge >= 0.3 is 5.70 Å². The van der Waals surface area contributed by atoms with Crippen LogP contribution >= 0.6 is 0 Å². The van der Waals surface area contributed by atoms with Gasteiger partial charge in [-0.1, -0.05) is 12.1 Å². The summed E-state index contributed by atoms with van der Waals surface area (Å²) in [6.45, 7) is 5.97. The SMILES string of the molecule is CCOC1=NC(C)=C([N+](=O)[O-])C(NCc2ccc(C3CN(C)CCO3)cc2F)N1. The Hall–Kier alpha value is -2.56. The molecule has 0 saturated carbocycles. The molecule has 1 saturated heterocycles. The smallest absolute Gasteiger partial charge is 0.304 e. The van der Waals surface area contributed by atoms with Gasteiger partial charge in [0.2, 0.25) is 0 Å². The van der Waals surface area contributed by atoms with E-state index < -0.39 is 11.1 Å². The molecule has 2 atom stereocenters. The molecule has 1 fully saturated rings. The predicted molar refractivity (Wildman–Crippen MR) is 105 cm³/mol. The van der Waals surface area contributed by atoms with Crippen LogP contribution in [-0.2, 0) is 16.0 Å². The van der Waals surface area contributed by atoms with Gasteiger partial charge in [0.15, 0.2) is 6.17 Å². The number of amidine groups is 1. The van der Waals surface area contributed by atoms with Gasteiger partial charge in [-0.2, -0.15) is 4.99 Å². The first kappa shape index (κ1) is 21.2. The maximum atomic E-state index is 14.7. The van der Waals surface area contributed by atoms with Crippen molar-refractivity contribution in [3.63, 3.8) is 0 Å². The summed E-state index contributed by atoms with van der Waals surface area (Å²) in [5, 5.41) is 17.3. The molecule has 1 aromatic rings. The molecular weight excluding hydrogens is 381 g/mol. The summed E-state index contributed by atoms with van der Waals surface area (Å²) in [6.07, 6.45) is -1.01. The van der Waals surface area contributed by atoms with E-state index in [1.165, 1.54) is 6.07 Å². The number of likely N-dealkylation sites (N-methyl/N-ethyl adjacent to an activating group) is 1. The van der Waals surface area contributed by atoms with E-state index in [0.29, 0.717) is 25.3 Å². The average Bonchev–Trinajstić information content (AvgIpc) is 2.66. The lowest BCUT2D eigenvalue weighted by atomic mass is 10.0. The fraction of sp³-hybridized carbons (Fsp3) is 0.526. The number of nitrogens with zero attached hydrogens (tertiary/aromatic N) is 3. The highest BCUT2D eigenvalue weighted by molar-refractivity contribution is 5.76. The molecule has 0 aromatic heterocycles. The van der Waals surface area contributed by atoms with Gasteiger partial charge in [0.05, 0.1) is 24.2 Å². The molecule has 0 bridgehead atoms. The highest BCUT2D eigenvalue weighted by atomic mass is 19.1. The van der Waals surface area contributed by atoms with Crippen molar-refractivity contribution in [2.45, 2.75) is 32.7 Å². The number of halogens is 1. The van der Waals surface area contributed by atoms with Crippen LogP contribution in [-0.4, -0.2) is 55.4 Å². The van der Waals surface area contributed by atoms with Crippen molar-refractivity contribution >= 4 is 6.02 Å². The molecule has 2 aliphatic heterocycles. The van der Waals surface area contributed by atoms with Gasteiger partial charge in [0, 0.05) is 25.2 Å². The Bertz CT molecular complexity index is 829. The molecule has 158 valence electrons. The molecule has 2 N–H and O–H groups in total. The fourth-order valence-corrected chi connectivity index (χ4v) is 3.34. The van der Waals surface area contributed by atoms with E-state index in [1.807, 2.05) is 13.1 Å². The Labute approximate surface area is 168 Å². The fourth-order valence-electron chi connectivity index (χ4n) is 3.34. The van der Waals surface area contributed by atoms with E-state index in [9.17, 15) is 14.5 Å². The number of nitro groups is 1. The molecular formula is C19H26FN5O4. The molecule has 10 heteroatoms. The van der Waals surface area contributed by atoms with E-state index >= 15 is 0 Å². The van der Waals surface area contributed by atoms with Crippen molar-refractivity contribution < 1.29 is 18.8 Å². The number of allylic oxidation sites excluding steroid dienone is 1. The molecule has 2 unspecified atom stereocenters. The first-order valence-corrected chi connectivity index (χ1v) is 9.54. The highest BCUT2D eigenvalue weighted by Crippen LogP contribution is 2.24. The van der Waals surface area contributed by atoms with Crippen molar-refractivity contribution in [2.24, 2.45) is 4.99 Å². The van der Waals surface area contributed by atoms with Crippen molar-refractivity contribution in [2.75, 3.05) is 33.4 Å². The second kappa shape index (κ2) is 9.29. The number of nitrogens with one attached hydrogen (secondary N) is 2. The molecule has 0 spiro atoms. The zero-order chi connectivity index (χ0) is 21.0.